The number of amides is 1. The van der Waals surface area contributed by atoms with E-state index in [1.54, 1.807) is 0 Å². The minimum atomic E-state index is -0.239. The largest absolute Gasteiger partial charge is 0.350 e. The Morgan fingerprint density at radius 2 is 1.81 bits per heavy atom. The van der Waals surface area contributed by atoms with E-state index < -0.39 is 0 Å². The Morgan fingerprint density at radius 1 is 1.08 bits per heavy atom. The van der Waals surface area contributed by atoms with Crippen LogP contribution in [0.3, 0.4) is 0 Å². The summed E-state index contributed by atoms with van der Waals surface area (Å²) in [6.07, 6.45) is 3.00. The third kappa shape index (κ3) is 4.37. The van der Waals surface area contributed by atoms with Crippen LogP contribution in [0.2, 0.25) is 5.02 Å². The lowest BCUT2D eigenvalue weighted by atomic mass is 10.1. The van der Waals surface area contributed by atoms with Gasteiger partial charge in [0.25, 0.3) is 5.91 Å². The summed E-state index contributed by atoms with van der Waals surface area (Å²) in [4.78, 5) is 20.8. The highest BCUT2D eigenvalue weighted by Crippen LogP contribution is 2.18. The van der Waals surface area contributed by atoms with Gasteiger partial charge in [-0.25, -0.2) is 9.97 Å². The molecule has 0 saturated heterocycles. The molecule has 1 heterocycles. The van der Waals surface area contributed by atoms with Crippen molar-refractivity contribution in [3.8, 4) is 0 Å². The second kappa shape index (κ2) is 7.97. The van der Waals surface area contributed by atoms with Gasteiger partial charge in [-0.15, -0.1) is 0 Å². The van der Waals surface area contributed by atoms with Crippen molar-refractivity contribution < 1.29 is 4.79 Å². The van der Waals surface area contributed by atoms with Gasteiger partial charge in [0, 0.05) is 29.6 Å². The Bertz CT molecular complexity index is 925. The van der Waals surface area contributed by atoms with E-state index in [0.29, 0.717) is 23.1 Å². The van der Waals surface area contributed by atoms with Crippen LogP contribution < -0.4 is 10.6 Å². The van der Waals surface area contributed by atoms with Gasteiger partial charge >= 0.3 is 0 Å². The van der Waals surface area contributed by atoms with Crippen LogP contribution >= 0.6 is 11.6 Å². The Kier molecular flexibility index (Phi) is 5.49. The summed E-state index contributed by atoms with van der Waals surface area (Å²) in [5.74, 6) is 0.199. The molecular weight excluding hydrogens is 348 g/mol. The van der Waals surface area contributed by atoms with E-state index in [-0.39, 0.29) is 5.91 Å². The molecule has 0 aliphatic heterocycles. The van der Waals surface area contributed by atoms with E-state index in [0.717, 1.165) is 22.4 Å². The van der Waals surface area contributed by atoms with Gasteiger partial charge in [0.2, 0.25) is 5.95 Å². The first-order chi connectivity index (χ1) is 12.5. The molecule has 0 saturated carbocycles. The van der Waals surface area contributed by atoms with Crippen molar-refractivity contribution in [3.63, 3.8) is 0 Å². The summed E-state index contributed by atoms with van der Waals surface area (Å²) in [5, 5.41) is 6.68. The Morgan fingerprint density at radius 3 is 2.54 bits per heavy atom. The molecule has 0 aliphatic rings. The molecule has 2 aromatic carbocycles. The molecule has 6 heteroatoms. The number of anilines is 2. The number of aryl methyl sites for hydroxylation is 2. The highest BCUT2D eigenvalue weighted by atomic mass is 35.5. The normalized spacial score (nSPS) is 10.4. The monoisotopic (exact) mass is 366 g/mol. The van der Waals surface area contributed by atoms with Gasteiger partial charge in [0.1, 0.15) is 0 Å². The molecule has 5 nitrogen and oxygen atoms in total. The van der Waals surface area contributed by atoms with Crippen molar-refractivity contribution in [3.05, 3.63) is 82.1 Å². The second-order valence-corrected chi connectivity index (χ2v) is 6.42. The van der Waals surface area contributed by atoms with Crippen molar-refractivity contribution in [2.75, 3.05) is 10.6 Å². The summed E-state index contributed by atoms with van der Waals surface area (Å²) in [7, 11) is 0. The molecule has 3 rings (SSSR count). The second-order valence-electron chi connectivity index (χ2n) is 6.01. The number of aromatic nitrogens is 2. The lowest BCUT2D eigenvalue weighted by molar-refractivity contribution is 0.102. The summed E-state index contributed by atoms with van der Waals surface area (Å²) in [6, 6.07) is 13.5. The molecule has 132 valence electrons. The van der Waals surface area contributed by atoms with Crippen LogP contribution in [0, 0.1) is 13.8 Å². The Balaban J connectivity index is 1.64. The number of halogens is 1. The van der Waals surface area contributed by atoms with E-state index in [2.05, 4.69) is 20.6 Å². The summed E-state index contributed by atoms with van der Waals surface area (Å²) in [5.41, 5.74) is 4.23. The minimum absolute atomic E-state index is 0.239. The van der Waals surface area contributed by atoms with E-state index in [1.807, 2.05) is 56.3 Å². The number of hydrogen-bond acceptors (Lipinski definition) is 4. The van der Waals surface area contributed by atoms with E-state index >= 15 is 0 Å². The smallest absolute Gasteiger partial charge is 0.258 e. The van der Waals surface area contributed by atoms with E-state index in [4.69, 9.17) is 11.6 Å². The third-order valence-corrected chi connectivity index (χ3v) is 4.32. The Hall–Kier alpha value is -2.92. The number of nitrogens with zero attached hydrogens (tertiary/aromatic N) is 2. The van der Waals surface area contributed by atoms with E-state index in [1.165, 1.54) is 12.4 Å². The average Bonchev–Trinajstić information content (AvgIpc) is 2.64. The van der Waals surface area contributed by atoms with Crippen LogP contribution in [0.4, 0.5) is 11.6 Å². The van der Waals surface area contributed by atoms with Crippen LogP contribution in [0.15, 0.2) is 54.9 Å². The zero-order valence-electron chi connectivity index (χ0n) is 14.6. The number of benzene rings is 2. The fraction of sp³-hybridized carbons (Fsp3) is 0.150. The lowest BCUT2D eigenvalue weighted by Gasteiger charge is -2.10. The molecule has 0 aliphatic carbocycles. The molecule has 0 spiro atoms. The molecule has 2 N–H and O–H groups in total. The van der Waals surface area contributed by atoms with Gasteiger partial charge in [-0.2, -0.15) is 0 Å². The molecule has 0 atom stereocenters. The van der Waals surface area contributed by atoms with Gasteiger partial charge in [0.15, 0.2) is 0 Å². The fourth-order valence-corrected chi connectivity index (χ4v) is 2.62. The number of carbonyl (C=O) groups excluding carboxylic acids is 1. The van der Waals surface area contributed by atoms with Gasteiger partial charge in [-0.3, -0.25) is 4.79 Å². The van der Waals surface area contributed by atoms with Crippen molar-refractivity contribution in [1.29, 1.82) is 0 Å². The van der Waals surface area contributed by atoms with Crippen molar-refractivity contribution >= 4 is 29.1 Å². The van der Waals surface area contributed by atoms with Crippen LogP contribution in [-0.4, -0.2) is 15.9 Å². The summed E-state index contributed by atoms with van der Waals surface area (Å²) < 4.78 is 0. The maximum atomic E-state index is 12.4. The quantitative estimate of drug-likeness (QED) is 0.691. The molecule has 3 aromatic rings. The molecule has 0 bridgehead atoms. The lowest BCUT2D eigenvalue weighted by Crippen LogP contribution is -2.14. The predicted molar refractivity (Wildman–Crippen MR) is 105 cm³/mol. The first kappa shape index (κ1) is 17.9. The number of carbonyl (C=O) groups is 1. The van der Waals surface area contributed by atoms with Crippen molar-refractivity contribution in [1.82, 2.24) is 9.97 Å². The van der Waals surface area contributed by atoms with Gasteiger partial charge in [0.05, 0.1) is 5.56 Å². The van der Waals surface area contributed by atoms with Gasteiger partial charge < -0.3 is 10.6 Å². The summed E-state index contributed by atoms with van der Waals surface area (Å²) in [6.45, 7) is 4.44. The molecule has 1 aromatic heterocycles. The third-order valence-electron chi connectivity index (χ3n) is 3.95. The van der Waals surface area contributed by atoms with Crippen molar-refractivity contribution in [2.45, 2.75) is 20.4 Å². The Labute approximate surface area is 157 Å². The maximum Gasteiger partial charge on any atom is 0.258 e. The van der Waals surface area contributed by atoms with Crippen LogP contribution in [0.5, 0.6) is 0 Å². The first-order valence-electron chi connectivity index (χ1n) is 8.21. The van der Waals surface area contributed by atoms with Crippen LogP contribution in [0.1, 0.15) is 27.0 Å². The van der Waals surface area contributed by atoms with Gasteiger partial charge in [-0.1, -0.05) is 41.9 Å². The summed E-state index contributed by atoms with van der Waals surface area (Å²) >= 11 is 6.12. The SMILES string of the molecule is Cc1ccc(C)c(NC(=O)c2cnc(NCc3ccccc3Cl)nc2)c1. The number of rotatable bonds is 5. The number of hydrogen-bond donors (Lipinski definition) is 2. The van der Waals surface area contributed by atoms with Crippen molar-refractivity contribution in [2.24, 2.45) is 0 Å². The van der Waals surface area contributed by atoms with Gasteiger partial charge in [-0.05, 0) is 42.7 Å². The highest BCUT2D eigenvalue weighted by molar-refractivity contribution is 6.31. The molecule has 26 heavy (non-hydrogen) atoms. The highest BCUT2D eigenvalue weighted by Gasteiger charge is 2.09. The molecule has 0 fully saturated rings. The molecule has 0 radical (unpaired) electrons. The average molecular weight is 367 g/mol. The minimum Gasteiger partial charge on any atom is -0.350 e. The first-order valence-corrected chi connectivity index (χ1v) is 8.58. The predicted octanol–water partition coefficient (Wildman–Crippen LogP) is 4.61. The zero-order valence-corrected chi connectivity index (χ0v) is 15.3. The van der Waals surface area contributed by atoms with Crippen LogP contribution in [-0.2, 0) is 6.54 Å². The fourth-order valence-electron chi connectivity index (χ4n) is 2.42. The maximum absolute atomic E-state index is 12.4. The van der Waals surface area contributed by atoms with Crippen LogP contribution in [0.25, 0.3) is 0 Å². The zero-order chi connectivity index (χ0) is 18.5. The van der Waals surface area contributed by atoms with E-state index in [9.17, 15) is 4.79 Å². The molecular formula is C20H19ClN4O. The topological polar surface area (TPSA) is 66.9 Å². The standard InChI is InChI=1S/C20H19ClN4O/c1-13-7-8-14(2)18(9-13)25-19(26)16-11-23-20(24-12-16)22-10-15-5-3-4-6-17(15)21/h3-9,11-12H,10H2,1-2H3,(H,25,26)(H,22,23,24). The molecule has 0 unspecified atom stereocenters. The molecule has 1 amide bonds. The number of nitrogens with one attached hydrogen (secondary N) is 2.